The maximum Gasteiger partial charge on any atom is 0.409 e. The van der Waals surface area contributed by atoms with Gasteiger partial charge in [0.15, 0.2) is 5.96 Å². The third-order valence-electron chi connectivity index (χ3n) is 4.41. The Labute approximate surface area is 184 Å². The Bertz CT molecular complexity index is 672. The number of piperazine rings is 1. The van der Waals surface area contributed by atoms with Crippen molar-refractivity contribution >= 4 is 36.0 Å². The number of amides is 1. The van der Waals surface area contributed by atoms with Gasteiger partial charge in [0.25, 0.3) is 0 Å². The number of unbranched alkanes of at least 4 members (excludes halogenated alkanes) is 1. The Morgan fingerprint density at radius 2 is 1.86 bits per heavy atom. The van der Waals surface area contributed by atoms with Crippen molar-refractivity contribution in [2.45, 2.75) is 33.2 Å². The van der Waals surface area contributed by atoms with E-state index in [0.717, 1.165) is 38.4 Å². The van der Waals surface area contributed by atoms with E-state index in [1.54, 1.807) is 21.6 Å². The van der Waals surface area contributed by atoms with Gasteiger partial charge in [-0.2, -0.15) is 0 Å². The number of hydrogen-bond donors (Lipinski definition) is 1. The van der Waals surface area contributed by atoms with Gasteiger partial charge in [-0.3, -0.25) is 9.79 Å². The molecular weight excluding hydrogens is 473 g/mol. The second kappa shape index (κ2) is 13.4. The standard InChI is InChI=1S/C19H31N5O3.HI/c1-3-20-18(23-13-15-24(16-14-23)19(26)27-4-2)21-10-6-8-12-22-11-7-5-9-17(22)25;/h5,7,9,11H,3-4,6,8,10,12-16H2,1-2H3,(H,20,21);1H. The van der Waals surface area contributed by atoms with Crippen molar-refractivity contribution in [3.63, 3.8) is 0 Å². The zero-order chi connectivity index (χ0) is 19.5. The fourth-order valence-electron chi connectivity index (χ4n) is 2.97. The van der Waals surface area contributed by atoms with E-state index in [2.05, 4.69) is 10.2 Å². The fourth-order valence-corrected chi connectivity index (χ4v) is 2.97. The van der Waals surface area contributed by atoms with Gasteiger partial charge < -0.3 is 24.4 Å². The Kier molecular flexibility index (Phi) is 11.6. The van der Waals surface area contributed by atoms with Crippen molar-refractivity contribution in [2.24, 2.45) is 4.99 Å². The number of carbonyl (C=O) groups excluding carboxylic acids is 1. The molecular formula is C19H32IN5O3. The predicted octanol–water partition coefficient (Wildman–Crippen LogP) is 1.99. The zero-order valence-electron chi connectivity index (χ0n) is 16.8. The number of aliphatic imine (C=N–C) groups is 1. The molecule has 0 aliphatic carbocycles. The summed E-state index contributed by atoms with van der Waals surface area (Å²) in [4.78, 5) is 32.1. The molecule has 0 aromatic carbocycles. The first-order valence-corrected chi connectivity index (χ1v) is 9.76. The van der Waals surface area contributed by atoms with Gasteiger partial charge >= 0.3 is 6.09 Å². The average molecular weight is 505 g/mol. The number of nitrogens with one attached hydrogen (secondary N) is 1. The second-order valence-electron chi connectivity index (χ2n) is 6.35. The minimum Gasteiger partial charge on any atom is -0.450 e. The minimum absolute atomic E-state index is 0. The third-order valence-corrected chi connectivity index (χ3v) is 4.41. The van der Waals surface area contributed by atoms with Crippen LogP contribution < -0.4 is 10.9 Å². The highest BCUT2D eigenvalue weighted by molar-refractivity contribution is 14.0. The summed E-state index contributed by atoms with van der Waals surface area (Å²) in [5.74, 6) is 0.887. The summed E-state index contributed by atoms with van der Waals surface area (Å²) in [6.07, 6.45) is 3.40. The molecule has 2 rings (SSSR count). The Balaban J connectivity index is 0.00000392. The largest absolute Gasteiger partial charge is 0.450 e. The molecule has 1 N–H and O–H groups in total. The molecule has 1 aromatic heterocycles. The van der Waals surface area contributed by atoms with Crippen LogP contribution in [0.4, 0.5) is 4.79 Å². The molecule has 28 heavy (non-hydrogen) atoms. The Hall–Kier alpha value is -1.78. The summed E-state index contributed by atoms with van der Waals surface area (Å²) >= 11 is 0. The van der Waals surface area contributed by atoms with E-state index in [9.17, 15) is 9.59 Å². The van der Waals surface area contributed by atoms with E-state index in [-0.39, 0.29) is 35.6 Å². The van der Waals surface area contributed by atoms with Crippen LogP contribution in [0.3, 0.4) is 0 Å². The van der Waals surface area contributed by atoms with E-state index in [1.807, 2.05) is 26.1 Å². The molecule has 0 radical (unpaired) electrons. The number of carbonyl (C=O) groups is 1. The number of pyridine rings is 1. The molecule has 2 heterocycles. The van der Waals surface area contributed by atoms with Crippen molar-refractivity contribution in [1.82, 2.24) is 19.7 Å². The minimum atomic E-state index is -0.241. The smallest absolute Gasteiger partial charge is 0.409 e. The van der Waals surface area contributed by atoms with E-state index in [0.29, 0.717) is 32.8 Å². The maximum absolute atomic E-state index is 11.8. The number of hydrogen-bond acceptors (Lipinski definition) is 4. The van der Waals surface area contributed by atoms with Gasteiger partial charge in [0.2, 0.25) is 5.56 Å². The molecule has 0 atom stereocenters. The quantitative estimate of drug-likeness (QED) is 0.266. The topological polar surface area (TPSA) is 79.2 Å². The molecule has 1 aliphatic heterocycles. The number of ether oxygens (including phenoxy) is 1. The first-order chi connectivity index (χ1) is 13.2. The van der Waals surface area contributed by atoms with E-state index in [4.69, 9.17) is 9.73 Å². The normalized spacial score (nSPS) is 14.4. The molecule has 1 aliphatic rings. The molecule has 158 valence electrons. The molecule has 1 saturated heterocycles. The van der Waals surface area contributed by atoms with Gasteiger partial charge in [-0.05, 0) is 32.8 Å². The molecule has 0 bridgehead atoms. The summed E-state index contributed by atoms with van der Waals surface area (Å²) in [5, 5.41) is 3.33. The lowest BCUT2D eigenvalue weighted by Gasteiger charge is -2.35. The number of nitrogens with zero attached hydrogens (tertiary/aromatic N) is 4. The van der Waals surface area contributed by atoms with Gasteiger partial charge in [-0.15, -0.1) is 24.0 Å². The maximum atomic E-state index is 11.8. The lowest BCUT2D eigenvalue weighted by molar-refractivity contribution is 0.0914. The highest BCUT2D eigenvalue weighted by Gasteiger charge is 2.23. The Morgan fingerprint density at radius 1 is 1.14 bits per heavy atom. The summed E-state index contributed by atoms with van der Waals surface area (Å²) < 4.78 is 6.79. The molecule has 1 aromatic rings. The van der Waals surface area contributed by atoms with Crippen molar-refractivity contribution in [3.05, 3.63) is 34.7 Å². The van der Waals surface area contributed by atoms with Crippen LogP contribution in [0, 0.1) is 0 Å². The van der Waals surface area contributed by atoms with E-state index >= 15 is 0 Å². The first kappa shape index (κ1) is 24.3. The van der Waals surface area contributed by atoms with Crippen LogP contribution in [-0.2, 0) is 11.3 Å². The highest BCUT2D eigenvalue weighted by Crippen LogP contribution is 2.05. The molecule has 9 heteroatoms. The van der Waals surface area contributed by atoms with E-state index in [1.165, 1.54) is 0 Å². The van der Waals surface area contributed by atoms with Crippen molar-refractivity contribution in [3.8, 4) is 0 Å². The van der Waals surface area contributed by atoms with Crippen molar-refractivity contribution in [2.75, 3.05) is 45.9 Å². The third kappa shape index (κ3) is 7.69. The molecule has 8 nitrogen and oxygen atoms in total. The van der Waals surface area contributed by atoms with Gasteiger partial charge in [-0.25, -0.2) is 4.79 Å². The van der Waals surface area contributed by atoms with Gasteiger partial charge in [0.05, 0.1) is 6.61 Å². The van der Waals surface area contributed by atoms with Crippen LogP contribution in [0.5, 0.6) is 0 Å². The van der Waals surface area contributed by atoms with Crippen molar-refractivity contribution in [1.29, 1.82) is 0 Å². The molecule has 0 saturated carbocycles. The monoisotopic (exact) mass is 505 g/mol. The second-order valence-corrected chi connectivity index (χ2v) is 6.35. The summed E-state index contributed by atoms with van der Waals surface area (Å²) in [5.41, 5.74) is 0.0359. The molecule has 0 unspecified atom stereocenters. The lowest BCUT2D eigenvalue weighted by Crippen LogP contribution is -2.53. The van der Waals surface area contributed by atoms with Gasteiger partial charge in [0.1, 0.15) is 0 Å². The lowest BCUT2D eigenvalue weighted by atomic mass is 10.3. The van der Waals surface area contributed by atoms with Gasteiger partial charge in [-0.1, -0.05) is 6.07 Å². The first-order valence-electron chi connectivity index (χ1n) is 9.76. The summed E-state index contributed by atoms with van der Waals surface area (Å²) in [6.45, 7) is 9.25. The highest BCUT2D eigenvalue weighted by atomic mass is 127. The summed E-state index contributed by atoms with van der Waals surface area (Å²) in [7, 11) is 0. The Morgan fingerprint density at radius 3 is 2.50 bits per heavy atom. The van der Waals surface area contributed by atoms with Crippen LogP contribution >= 0.6 is 24.0 Å². The van der Waals surface area contributed by atoms with Crippen LogP contribution in [0.1, 0.15) is 26.7 Å². The predicted molar refractivity (Wildman–Crippen MR) is 121 cm³/mol. The SMILES string of the molecule is CCNC(=NCCCCn1ccccc1=O)N1CCN(C(=O)OCC)CC1.I. The van der Waals surface area contributed by atoms with E-state index < -0.39 is 0 Å². The number of aromatic nitrogens is 1. The van der Waals surface area contributed by atoms with Crippen LogP contribution in [0.15, 0.2) is 34.2 Å². The average Bonchev–Trinajstić information content (AvgIpc) is 2.68. The number of rotatable bonds is 7. The fraction of sp³-hybridized carbons (Fsp3) is 0.632. The molecule has 1 fully saturated rings. The van der Waals surface area contributed by atoms with Crippen LogP contribution in [0.2, 0.25) is 0 Å². The molecule has 0 spiro atoms. The zero-order valence-corrected chi connectivity index (χ0v) is 19.1. The van der Waals surface area contributed by atoms with Crippen LogP contribution in [-0.4, -0.2) is 72.3 Å². The number of halogens is 1. The summed E-state index contributed by atoms with van der Waals surface area (Å²) in [6, 6.07) is 5.21. The van der Waals surface area contributed by atoms with Crippen LogP contribution in [0.25, 0.3) is 0 Å². The number of aryl methyl sites for hydroxylation is 1. The number of guanidine groups is 1. The van der Waals surface area contributed by atoms with Crippen molar-refractivity contribution < 1.29 is 9.53 Å². The molecule has 1 amide bonds. The van der Waals surface area contributed by atoms with Gasteiger partial charge in [0, 0.05) is 58.1 Å².